The largest absolute Gasteiger partial charge is 0.497 e. The van der Waals surface area contributed by atoms with Crippen molar-refractivity contribution in [3.05, 3.63) is 75.8 Å². The maximum absolute atomic E-state index is 13.1. The second-order valence-electron chi connectivity index (χ2n) is 8.06. The van der Waals surface area contributed by atoms with Crippen molar-refractivity contribution in [1.29, 1.82) is 0 Å². The lowest BCUT2D eigenvalue weighted by atomic mass is 9.79. The molecule has 2 rings (SSSR count). The first-order valence-corrected chi connectivity index (χ1v) is 9.67. The maximum atomic E-state index is 13.1. The van der Waals surface area contributed by atoms with Crippen molar-refractivity contribution in [3.8, 4) is 5.75 Å². The molecular formula is C23H27NO6. The van der Waals surface area contributed by atoms with Crippen LogP contribution in [0, 0.1) is 16.0 Å². The van der Waals surface area contributed by atoms with E-state index in [1.807, 2.05) is 30.3 Å². The number of esters is 1. The average Bonchev–Trinajstić information content (AvgIpc) is 2.69. The molecule has 0 fully saturated rings. The van der Waals surface area contributed by atoms with Crippen LogP contribution in [0.1, 0.15) is 37.8 Å². The summed E-state index contributed by atoms with van der Waals surface area (Å²) in [6.07, 6.45) is 0.184. The van der Waals surface area contributed by atoms with E-state index in [0.29, 0.717) is 11.3 Å². The first kappa shape index (κ1) is 23.1. The molecule has 160 valence electrons. The summed E-state index contributed by atoms with van der Waals surface area (Å²) in [6, 6.07) is 15.9. The Balaban J connectivity index is 2.46. The Labute approximate surface area is 176 Å². The minimum Gasteiger partial charge on any atom is -0.497 e. The van der Waals surface area contributed by atoms with Crippen LogP contribution in [0.25, 0.3) is 0 Å². The molecule has 7 heteroatoms. The van der Waals surface area contributed by atoms with Gasteiger partial charge >= 0.3 is 5.97 Å². The van der Waals surface area contributed by atoms with Crippen LogP contribution < -0.4 is 4.74 Å². The fraction of sp³-hybridized carbons (Fsp3) is 0.391. The number of methoxy groups -OCH3 is 1. The monoisotopic (exact) mass is 413 g/mol. The van der Waals surface area contributed by atoms with Gasteiger partial charge in [0.2, 0.25) is 12.3 Å². The number of carbonyl (C=O) groups excluding carboxylic acids is 2. The number of hydrogen-bond acceptors (Lipinski definition) is 6. The molecule has 0 radical (unpaired) electrons. The Kier molecular flexibility index (Phi) is 7.69. The van der Waals surface area contributed by atoms with Crippen LogP contribution in [0.5, 0.6) is 5.75 Å². The van der Waals surface area contributed by atoms with Crippen molar-refractivity contribution >= 4 is 11.8 Å². The minimum atomic E-state index is -0.981. The van der Waals surface area contributed by atoms with Gasteiger partial charge in [-0.3, -0.25) is 14.9 Å². The lowest BCUT2D eigenvalue weighted by molar-refractivity contribution is -0.484. The van der Waals surface area contributed by atoms with Crippen LogP contribution in [-0.2, 0) is 20.7 Å². The molecule has 7 nitrogen and oxygen atoms in total. The summed E-state index contributed by atoms with van der Waals surface area (Å²) in [4.78, 5) is 36.6. The maximum Gasteiger partial charge on any atom is 0.375 e. The molecular weight excluding hydrogens is 386 g/mol. The molecule has 0 amide bonds. The Hall–Kier alpha value is -3.22. The molecule has 0 aliphatic carbocycles. The lowest BCUT2D eigenvalue weighted by Gasteiger charge is -2.25. The minimum absolute atomic E-state index is 0.184. The number of rotatable bonds is 9. The number of ketones is 1. The average molecular weight is 413 g/mol. The van der Waals surface area contributed by atoms with Crippen molar-refractivity contribution in [1.82, 2.24) is 0 Å². The molecule has 2 aromatic carbocycles. The third kappa shape index (κ3) is 6.69. The molecule has 0 saturated heterocycles. The molecule has 0 N–H and O–H groups in total. The Bertz CT molecular complexity index is 871. The van der Waals surface area contributed by atoms with E-state index in [0.717, 1.165) is 5.56 Å². The number of carbonyl (C=O) groups is 2. The highest BCUT2D eigenvalue weighted by molar-refractivity contribution is 6.34. The Morgan fingerprint density at radius 3 is 2.13 bits per heavy atom. The molecule has 0 heterocycles. The normalized spacial score (nSPS) is 13.2. The third-order valence-electron chi connectivity index (χ3n) is 4.61. The highest BCUT2D eigenvalue weighted by Gasteiger charge is 2.38. The van der Waals surface area contributed by atoms with Crippen LogP contribution in [-0.4, -0.2) is 35.9 Å². The Morgan fingerprint density at radius 1 is 1.03 bits per heavy atom. The topological polar surface area (TPSA) is 95.7 Å². The van der Waals surface area contributed by atoms with Gasteiger partial charge in [-0.1, -0.05) is 42.5 Å². The number of ether oxygens (including phenoxy) is 2. The number of benzene rings is 2. The van der Waals surface area contributed by atoms with E-state index in [4.69, 9.17) is 9.47 Å². The summed E-state index contributed by atoms with van der Waals surface area (Å²) in [5.74, 6) is -2.90. The molecule has 0 saturated carbocycles. The van der Waals surface area contributed by atoms with Crippen molar-refractivity contribution in [2.75, 3.05) is 13.7 Å². The smallest absolute Gasteiger partial charge is 0.375 e. The van der Waals surface area contributed by atoms with Gasteiger partial charge < -0.3 is 9.47 Å². The molecule has 2 atom stereocenters. The van der Waals surface area contributed by atoms with Gasteiger partial charge in [0.05, 0.1) is 13.0 Å². The molecule has 0 spiro atoms. The highest BCUT2D eigenvalue weighted by atomic mass is 16.6. The third-order valence-corrected chi connectivity index (χ3v) is 4.61. The van der Waals surface area contributed by atoms with Crippen LogP contribution in [0.2, 0.25) is 0 Å². The van der Waals surface area contributed by atoms with Gasteiger partial charge in [0.1, 0.15) is 11.4 Å². The number of Topliss-reactive ketones (excluding diaryl/α,β-unsaturated/α-hetero) is 1. The van der Waals surface area contributed by atoms with Gasteiger partial charge in [-0.2, -0.15) is 0 Å². The van der Waals surface area contributed by atoms with E-state index in [-0.39, 0.29) is 6.42 Å². The van der Waals surface area contributed by atoms with E-state index in [1.165, 1.54) is 7.11 Å². The molecule has 30 heavy (non-hydrogen) atoms. The quantitative estimate of drug-likeness (QED) is 0.268. The van der Waals surface area contributed by atoms with Gasteiger partial charge in [-0.25, -0.2) is 4.79 Å². The van der Waals surface area contributed by atoms with Gasteiger partial charge in [0.25, 0.3) is 0 Å². The lowest BCUT2D eigenvalue weighted by Crippen LogP contribution is -2.37. The SMILES string of the molecule is COc1ccc([C@@H](C[N+](=O)[O-])[C@H](Cc2ccccc2)C(=O)C(=O)OC(C)(C)C)cc1. The zero-order chi connectivity index (χ0) is 22.3. The van der Waals surface area contributed by atoms with Crippen LogP contribution in [0.4, 0.5) is 0 Å². The molecule has 2 aromatic rings. The number of nitro groups is 1. The van der Waals surface area contributed by atoms with Gasteiger partial charge in [-0.15, -0.1) is 0 Å². The second-order valence-corrected chi connectivity index (χ2v) is 8.06. The fourth-order valence-electron chi connectivity index (χ4n) is 3.24. The fourth-order valence-corrected chi connectivity index (χ4v) is 3.24. The first-order valence-electron chi connectivity index (χ1n) is 9.67. The van der Waals surface area contributed by atoms with Gasteiger partial charge in [-0.05, 0) is 50.5 Å². The summed E-state index contributed by atoms with van der Waals surface area (Å²) < 4.78 is 10.4. The molecule has 0 unspecified atom stereocenters. The number of nitrogens with zero attached hydrogens (tertiary/aromatic N) is 1. The summed E-state index contributed by atoms with van der Waals surface area (Å²) >= 11 is 0. The predicted molar refractivity (Wildman–Crippen MR) is 112 cm³/mol. The molecule has 0 aliphatic rings. The van der Waals surface area contributed by atoms with Crippen LogP contribution >= 0.6 is 0 Å². The van der Waals surface area contributed by atoms with Crippen molar-refractivity contribution in [3.63, 3.8) is 0 Å². The van der Waals surface area contributed by atoms with Crippen LogP contribution in [0.3, 0.4) is 0 Å². The summed E-state index contributed by atoms with van der Waals surface area (Å²) in [5.41, 5.74) is 0.551. The number of hydrogen-bond donors (Lipinski definition) is 0. The van der Waals surface area contributed by atoms with E-state index in [1.54, 1.807) is 45.0 Å². The zero-order valence-electron chi connectivity index (χ0n) is 17.7. The van der Waals surface area contributed by atoms with E-state index >= 15 is 0 Å². The Morgan fingerprint density at radius 2 is 1.63 bits per heavy atom. The van der Waals surface area contributed by atoms with Gasteiger partial charge in [0.15, 0.2) is 0 Å². The van der Waals surface area contributed by atoms with E-state index in [9.17, 15) is 19.7 Å². The van der Waals surface area contributed by atoms with Crippen molar-refractivity contribution in [2.45, 2.75) is 38.7 Å². The summed E-state index contributed by atoms with van der Waals surface area (Å²) in [7, 11) is 1.52. The zero-order valence-corrected chi connectivity index (χ0v) is 17.7. The standard InChI is InChI=1S/C23H27NO6/c1-23(2,3)30-22(26)21(25)19(14-16-8-6-5-7-9-16)20(15-24(27)28)17-10-12-18(29-4)13-11-17/h5-13,19-20H,14-15H2,1-4H3/t19-,20+/m0/s1. The second kappa shape index (κ2) is 10.0. The molecule has 0 aromatic heterocycles. The molecule has 0 aliphatic heterocycles. The first-order chi connectivity index (χ1) is 14.1. The predicted octanol–water partition coefficient (Wildman–Crippen LogP) is 3.83. The molecule has 0 bridgehead atoms. The van der Waals surface area contributed by atoms with E-state index < -0.39 is 40.7 Å². The van der Waals surface area contributed by atoms with E-state index in [2.05, 4.69) is 0 Å². The van der Waals surface area contributed by atoms with Crippen molar-refractivity contribution < 1.29 is 24.0 Å². The highest BCUT2D eigenvalue weighted by Crippen LogP contribution is 2.31. The summed E-state index contributed by atoms with van der Waals surface area (Å²) in [5, 5.41) is 11.4. The van der Waals surface area contributed by atoms with Crippen molar-refractivity contribution in [2.24, 2.45) is 5.92 Å². The summed E-state index contributed by atoms with van der Waals surface area (Å²) in [6.45, 7) is 4.52. The van der Waals surface area contributed by atoms with Crippen LogP contribution in [0.15, 0.2) is 54.6 Å². The van der Waals surface area contributed by atoms with Gasteiger partial charge in [0, 0.05) is 10.8 Å².